The van der Waals surface area contributed by atoms with Crippen molar-refractivity contribution in [1.29, 1.82) is 0 Å². The first-order valence-corrected chi connectivity index (χ1v) is 6.15. The van der Waals surface area contributed by atoms with E-state index in [1.807, 2.05) is 14.8 Å². The lowest BCUT2D eigenvalue weighted by molar-refractivity contribution is -0.0933. The normalized spacial score (nSPS) is 39.1. The Labute approximate surface area is 104 Å². The zero-order valence-electron chi connectivity index (χ0n) is 10.2. The van der Waals surface area contributed by atoms with Crippen LogP contribution >= 0.6 is 12.9 Å². The van der Waals surface area contributed by atoms with Crippen LogP contribution in [0, 0.1) is 0 Å². The molecule has 1 N–H and O–H groups in total. The van der Waals surface area contributed by atoms with Crippen molar-refractivity contribution in [3.63, 3.8) is 0 Å². The Morgan fingerprint density at radius 1 is 1.56 bits per heavy atom. The van der Waals surface area contributed by atoms with Gasteiger partial charge in [0.2, 0.25) is 0 Å². The van der Waals surface area contributed by atoms with Crippen LogP contribution in [-0.2, 0) is 13.7 Å². The third kappa shape index (κ3) is 3.14. The van der Waals surface area contributed by atoms with Crippen LogP contribution in [0.2, 0.25) is 0 Å². The topological polar surface area (TPSA) is 47.9 Å². The molecule has 0 amide bonds. The van der Waals surface area contributed by atoms with Gasteiger partial charge in [0.05, 0.1) is 12.6 Å². The van der Waals surface area contributed by atoms with Gasteiger partial charge in [0.15, 0.2) is 0 Å². The summed E-state index contributed by atoms with van der Waals surface area (Å²) in [5.74, 6) is 0. The van der Waals surface area contributed by atoms with E-state index in [2.05, 4.69) is 19.8 Å². The van der Waals surface area contributed by atoms with Crippen molar-refractivity contribution in [2.75, 3.05) is 13.2 Å². The summed E-state index contributed by atoms with van der Waals surface area (Å²) in [6.45, 7) is 5.12. The molecule has 1 rings (SSSR count). The van der Waals surface area contributed by atoms with Crippen LogP contribution in [0.1, 0.15) is 26.7 Å². The molecule has 4 nitrogen and oxygen atoms in total. The summed E-state index contributed by atoms with van der Waals surface area (Å²) in [7, 11) is 1.82. The fraction of sp³-hybridized carbons (Fsp3) is 1.00. The van der Waals surface area contributed by atoms with Crippen molar-refractivity contribution >= 4 is 20.8 Å². The predicted molar refractivity (Wildman–Crippen MR) is 67.4 cm³/mol. The van der Waals surface area contributed by atoms with E-state index in [0.717, 1.165) is 12.8 Å². The largest absolute Gasteiger partial charge is 0.388 e. The zero-order chi connectivity index (χ0) is 12.2. The first-order chi connectivity index (χ1) is 7.55. The van der Waals surface area contributed by atoms with Crippen LogP contribution < -0.4 is 0 Å². The fourth-order valence-corrected chi connectivity index (χ4v) is 2.33. The maximum atomic E-state index is 9.84. The second kappa shape index (κ2) is 6.26. The van der Waals surface area contributed by atoms with E-state index in [-0.39, 0.29) is 6.00 Å². The molecule has 1 fully saturated rings. The Kier molecular flexibility index (Phi) is 5.60. The van der Waals surface area contributed by atoms with Gasteiger partial charge in [-0.15, -0.1) is 0 Å². The summed E-state index contributed by atoms with van der Waals surface area (Å²) in [5.41, 5.74) is -0.617. The van der Waals surface area contributed by atoms with Gasteiger partial charge in [-0.25, -0.2) is 0 Å². The first kappa shape index (κ1) is 14.3. The monoisotopic (exact) mass is 248 g/mol. The molecular formula is C10H21BO4S. The van der Waals surface area contributed by atoms with Gasteiger partial charge in [0.25, 0.3) is 0 Å². The van der Waals surface area contributed by atoms with E-state index in [1.54, 1.807) is 0 Å². The second-order valence-electron chi connectivity index (χ2n) is 4.56. The SMILES string of the molecule is B[C@@H]1O[C@](C)(COCCCC)C(OS)[C@@H]1O. The number of hydrogen-bond donors (Lipinski definition) is 2. The van der Waals surface area contributed by atoms with Gasteiger partial charge < -0.3 is 18.8 Å². The minimum absolute atomic E-state index is 0.253. The van der Waals surface area contributed by atoms with E-state index in [0.29, 0.717) is 13.2 Å². The highest BCUT2D eigenvalue weighted by Crippen LogP contribution is 2.33. The van der Waals surface area contributed by atoms with Gasteiger partial charge in [-0.1, -0.05) is 13.3 Å². The maximum absolute atomic E-state index is 9.84. The molecule has 0 aromatic rings. The van der Waals surface area contributed by atoms with Gasteiger partial charge in [0, 0.05) is 6.61 Å². The summed E-state index contributed by atoms with van der Waals surface area (Å²) < 4.78 is 16.2. The molecule has 1 aliphatic rings. The van der Waals surface area contributed by atoms with Gasteiger partial charge in [-0.3, -0.25) is 0 Å². The molecule has 4 atom stereocenters. The van der Waals surface area contributed by atoms with Crippen LogP contribution in [-0.4, -0.2) is 50.0 Å². The standard InChI is InChI=1S/C10H21BO4S/c1-3-4-5-13-6-10(2)8(15-16)7(12)9(11)14-10/h7-9,12,16H,3-6,11H2,1-2H3/t7-,8?,9+,10+/m0/s1. The quantitative estimate of drug-likeness (QED) is 0.304. The summed E-state index contributed by atoms with van der Waals surface area (Å²) in [4.78, 5) is 0. The van der Waals surface area contributed by atoms with Gasteiger partial charge in [-0.2, -0.15) is 0 Å². The molecule has 0 aliphatic carbocycles. The minimum atomic E-state index is -0.655. The Bertz CT molecular complexity index is 219. The van der Waals surface area contributed by atoms with Crippen molar-refractivity contribution < 1.29 is 18.8 Å². The van der Waals surface area contributed by atoms with Crippen LogP contribution in [0.15, 0.2) is 0 Å². The Balaban J connectivity index is 2.48. The molecule has 0 radical (unpaired) electrons. The summed E-state index contributed by atoms with van der Waals surface area (Å²) in [6.07, 6.45) is 1.02. The highest BCUT2D eigenvalue weighted by Gasteiger charge is 2.50. The predicted octanol–water partition coefficient (Wildman–Crippen LogP) is 0.142. The third-order valence-electron chi connectivity index (χ3n) is 2.99. The summed E-state index contributed by atoms with van der Waals surface area (Å²) >= 11 is 3.80. The number of rotatable bonds is 6. The molecule has 0 aromatic heterocycles. The number of hydrogen-bond acceptors (Lipinski definition) is 5. The Morgan fingerprint density at radius 3 is 2.81 bits per heavy atom. The number of ether oxygens (including phenoxy) is 2. The molecule has 1 saturated heterocycles. The van der Waals surface area contributed by atoms with Crippen LogP contribution in [0.5, 0.6) is 0 Å². The molecule has 1 aliphatic heterocycles. The fourth-order valence-electron chi connectivity index (χ4n) is 1.98. The Hall–Kier alpha value is 0.255. The number of aliphatic hydroxyl groups is 1. The molecule has 0 aromatic carbocycles. The third-order valence-corrected chi connectivity index (χ3v) is 3.22. The molecule has 1 heterocycles. The van der Waals surface area contributed by atoms with Crippen molar-refractivity contribution in [2.45, 2.75) is 50.5 Å². The second-order valence-corrected chi connectivity index (χ2v) is 4.77. The summed E-state index contributed by atoms with van der Waals surface area (Å²) in [6, 6.07) is -0.253. The van der Waals surface area contributed by atoms with E-state index in [9.17, 15) is 5.11 Å². The average Bonchev–Trinajstić information content (AvgIpc) is 2.45. The number of aliphatic hydroxyl groups excluding tert-OH is 1. The zero-order valence-corrected chi connectivity index (χ0v) is 11.1. The molecule has 16 heavy (non-hydrogen) atoms. The van der Waals surface area contributed by atoms with Crippen LogP contribution in [0.25, 0.3) is 0 Å². The lowest BCUT2D eigenvalue weighted by atomic mass is 9.90. The highest BCUT2D eigenvalue weighted by atomic mass is 32.1. The number of unbranched alkanes of at least 4 members (excludes halogenated alkanes) is 1. The minimum Gasteiger partial charge on any atom is -0.388 e. The molecular weight excluding hydrogens is 227 g/mol. The van der Waals surface area contributed by atoms with Crippen molar-refractivity contribution in [2.24, 2.45) is 0 Å². The number of thiol groups is 1. The highest BCUT2D eigenvalue weighted by molar-refractivity contribution is 7.75. The van der Waals surface area contributed by atoms with E-state index in [4.69, 9.17) is 13.7 Å². The molecule has 0 saturated carbocycles. The van der Waals surface area contributed by atoms with Gasteiger partial charge >= 0.3 is 0 Å². The van der Waals surface area contributed by atoms with Crippen molar-refractivity contribution in [1.82, 2.24) is 0 Å². The van der Waals surface area contributed by atoms with Crippen molar-refractivity contribution in [3.05, 3.63) is 0 Å². The van der Waals surface area contributed by atoms with Crippen molar-refractivity contribution in [3.8, 4) is 0 Å². The lowest BCUT2D eigenvalue weighted by Gasteiger charge is -2.29. The molecule has 94 valence electrons. The van der Waals surface area contributed by atoms with E-state index >= 15 is 0 Å². The molecule has 0 spiro atoms. The van der Waals surface area contributed by atoms with E-state index < -0.39 is 17.8 Å². The maximum Gasteiger partial charge on any atom is 0.142 e. The molecule has 1 unspecified atom stereocenters. The molecule has 0 bridgehead atoms. The summed E-state index contributed by atoms with van der Waals surface area (Å²) in [5, 5.41) is 9.84. The first-order valence-electron chi connectivity index (χ1n) is 5.79. The van der Waals surface area contributed by atoms with E-state index in [1.165, 1.54) is 0 Å². The lowest BCUT2D eigenvalue weighted by Crippen LogP contribution is -2.45. The van der Waals surface area contributed by atoms with Crippen LogP contribution in [0.4, 0.5) is 0 Å². The van der Waals surface area contributed by atoms with Gasteiger partial charge in [0.1, 0.15) is 25.7 Å². The molecule has 6 heteroatoms. The Morgan fingerprint density at radius 2 is 2.25 bits per heavy atom. The smallest absolute Gasteiger partial charge is 0.142 e. The average molecular weight is 248 g/mol. The van der Waals surface area contributed by atoms with Crippen LogP contribution in [0.3, 0.4) is 0 Å². The van der Waals surface area contributed by atoms with Gasteiger partial charge in [-0.05, 0) is 26.3 Å².